The molecule has 1 aromatic rings. The standard InChI is InChI=1S/C9H7F4IS/c1-6-2-4-7(5-3-6)15-9(12,13)8(10,11)14/h2-5H,1H3. The second-order valence-corrected chi connectivity index (χ2v) is 5.47. The van der Waals surface area contributed by atoms with Gasteiger partial charge in [-0.1, -0.05) is 17.7 Å². The van der Waals surface area contributed by atoms with Crippen molar-refractivity contribution >= 4 is 34.4 Å². The quantitative estimate of drug-likeness (QED) is 0.329. The second-order valence-electron chi connectivity index (χ2n) is 2.93. The van der Waals surface area contributed by atoms with Crippen molar-refractivity contribution in [2.45, 2.75) is 21.0 Å². The van der Waals surface area contributed by atoms with Gasteiger partial charge < -0.3 is 0 Å². The summed E-state index contributed by atoms with van der Waals surface area (Å²) < 4.78 is 46.8. The SMILES string of the molecule is Cc1ccc(SC(F)(F)C(F)(F)I)cc1. The van der Waals surface area contributed by atoms with E-state index < -0.39 is 9.18 Å². The maximum atomic E-state index is 12.9. The number of halogens is 5. The number of alkyl halides is 5. The molecule has 0 aromatic heterocycles. The minimum absolute atomic E-state index is 0.127. The fourth-order valence-electron chi connectivity index (χ4n) is 0.812. The van der Waals surface area contributed by atoms with E-state index in [1.807, 2.05) is 0 Å². The molecule has 0 amide bonds. The van der Waals surface area contributed by atoms with E-state index in [1.54, 1.807) is 19.1 Å². The summed E-state index contributed by atoms with van der Waals surface area (Å²) in [7, 11) is 0. The van der Waals surface area contributed by atoms with Crippen LogP contribution in [0.3, 0.4) is 0 Å². The summed E-state index contributed by atoms with van der Waals surface area (Å²) in [5, 5.41) is -4.09. The van der Waals surface area contributed by atoms with E-state index in [0.717, 1.165) is 5.56 Å². The van der Waals surface area contributed by atoms with Crippen LogP contribution in [0.1, 0.15) is 5.56 Å². The number of rotatable bonds is 3. The van der Waals surface area contributed by atoms with Crippen LogP contribution in [0.25, 0.3) is 0 Å². The van der Waals surface area contributed by atoms with Crippen LogP contribution >= 0.6 is 34.4 Å². The van der Waals surface area contributed by atoms with Gasteiger partial charge in [-0.2, -0.15) is 17.6 Å². The number of thioether (sulfide) groups is 1. The van der Waals surface area contributed by atoms with Crippen molar-refractivity contribution in [1.29, 1.82) is 0 Å². The highest BCUT2D eigenvalue weighted by Gasteiger charge is 2.55. The van der Waals surface area contributed by atoms with Crippen LogP contribution in [0.5, 0.6) is 0 Å². The Kier molecular flexibility index (Phi) is 3.91. The first-order valence-corrected chi connectivity index (χ1v) is 5.82. The van der Waals surface area contributed by atoms with Crippen LogP contribution < -0.4 is 0 Å². The Morgan fingerprint density at radius 3 is 1.93 bits per heavy atom. The van der Waals surface area contributed by atoms with Crippen molar-refractivity contribution in [3.8, 4) is 0 Å². The van der Waals surface area contributed by atoms with Gasteiger partial charge in [0, 0.05) is 27.5 Å². The van der Waals surface area contributed by atoms with Gasteiger partial charge in [-0.3, -0.25) is 0 Å². The number of hydrogen-bond acceptors (Lipinski definition) is 1. The van der Waals surface area contributed by atoms with Crippen LogP contribution in [0.15, 0.2) is 29.2 Å². The summed E-state index contributed by atoms with van der Waals surface area (Å²) in [6.07, 6.45) is 0. The Balaban J connectivity index is 2.82. The monoisotopic (exact) mass is 350 g/mol. The molecule has 0 aliphatic heterocycles. The molecule has 0 radical (unpaired) electrons. The van der Waals surface area contributed by atoms with Crippen LogP contribution in [-0.4, -0.2) is 9.18 Å². The normalized spacial score (nSPS) is 12.9. The molecule has 0 saturated carbocycles. The molecule has 0 aliphatic carbocycles. The average molecular weight is 350 g/mol. The summed E-state index contributed by atoms with van der Waals surface area (Å²) in [5.74, 6) is 0. The van der Waals surface area contributed by atoms with Crippen LogP contribution in [0.4, 0.5) is 17.6 Å². The lowest BCUT2D eigenvalue weighted by Gasteiger charge is -2.20. The Bertz CT molecular complexity index is 331. The average Bonchev–Trinajstić information content (AvgIpc) is 2.06. The maximum absolute atomic E-state index is 12.9. The molecular weight excluding hydrogens is 343 g/mol. The van der Waals surface area contributed by atoms with Gasteiger partial charge in [-0.05, 0) is 30.8 Å². The first-order chi connectivity index (χ1) is 6.72. The third-order valence-corrected chi connectivity index (χ3v) is 3.66. The molecule has 0 bridgehead atoms. The van der Waals surface area contributed by atoms with Gasteiger partial charge in [0.1, 0.15) is 0 Å². The van der Waals surface area contributed by atoms with E-state index in [0.29, 0.717) is 22.6 Å². The molecule has 1 aromatic carbocycles. The van der Waals surface area contributed by atoms with E-state index in [2.05, 4.69) is 0 Å². The third-order valence-electron chi connectivity index (χ3n) is 1.60. The maximum Gasteiger partial charge on any atom is 0.369 e. The number of aryl methyl sites for hydroxylation is 1. The number of hydrogen-bond donors (Lipinski definition) is 0. The summed E-state index contributed by atoms with van der Waals surface area (Å²) in [5.41, 5.74) is 0.893. The number of benzene rings is 1. The molecule has 0 fully saturated rings. The van der Waals surface area contributed by atoms with Crippen molar-refractivity contribution in [3.05, 3.63) is 29.8 Å². The molecule has 0 N–H and O–H groups in total. The Morgan fingerprint density at radius 2 is 1.53 bits per heavy atom. The fourth-order valence-corrected chi connectivity index (χ4v) is 1.83. The lowest BCUT2D eigenvalue weighted by atomic mass is 10.2. The largest absolute Gasteiger partial charge is 0.369 e. The van der Waals surface area contributed by atoms with Gasteiger partial charge in [-0.15, -0.1) is 0 Å². The van der Waals surface area contributed by atoms with Gasteiger partial charge in [0.2, 0.25) is 0 Å². The Labute approximate surface area is 103 Å². The molecule has 0 spiro atoms. The van der Waals surface area contributed by atoms with Gasteiger partial charge in [0.05, 0.1) is 0 Å². The molecule has 0 nitrogen and oxygen atoms in total. The zero-order valence-electron chi connectivity index (χ0n) is 7.61. The summed E-state index contributed by atoms with van der Waals surface area (Å²) in [4.78, 5) is 0.127. The van der Waals surface area contributed by atoms with Crippen molar-refractivity contribution in [1.82, 2.24) is 0 Å². The predicted molar refractivity (Wildman–Crippen MR) is 61.0 cm³/mol. The topological polar surface area (TPSA) is 0 Å². The Morgan fingerprint density at radius 1 is 1.07 bits per heavy atom. The molecule has 0 atom stereocenters. The van der Waals surface area contributed by atoms with Gasteiger partial charge >= 0.3 is 9.18 Å². The molecule has 0 heterocycles. The zero-order valence-corrected chi connectivity index (χ0v) is 10.6. The van der Waals surface area contributed by atoms with Crippen molar-refractivity contribution < 1.29 is 17.6 Å². The van der Waals surface area contributed by atoms with Gasteiger partial charge in [-0.25, -0.2) is 0 Å². The summed E-state index contributed by atoms with van der Waals surface area (Å²) in [6.45, 7) is 1.79. The molecule has 15 heavy (non-hydrogen) atoms. The van der Waals surface area contributed by atoms with Crippen molar-refractivity contribution in [2.75, 3.05) is 0 Å². The smallest absolute Gasteiger partial charge is 0.187 e. The van der Waals surface area contributed by atoms with Crippen LogP contribution in [0.2, 0.25) is 0 Å². The predicted octanol–water partition coefficient (Wildman–Crippen LogP) is 4.71. The van der Waals surface area contributed by atoms with E-state index >= 15 is 0 Å². The van der Waals surface area contributed by atoms with Crippen LogP contribution in [-0.2, 0) is 0 Å². The summed E-state index contributed by atoms with van der Waals surface area (Å²) in [6, 6.07) is 6.00. The minimum Gasteiger partial charge on any atom is -0.187 e. The Hall–Kier alpha value is 0.0200. The molecular formula is C9H7F4IS. The molecule has 0 saturated heterocycles. The lowest BCUT2D eigenvalue weighted by molar-refractivity contribution is -0.0699. The highest BCUT2D eigenvalue weighted by atomic mass is 127. The van der Waals surface area contributed by atoms with Gasteiger partial charge in [0.15, 0.2) is 0 Å². The molecule has 6 heteroatoms. The summed E-state index contributed by atoms with van der Waals surface area (Å²) >= 11 is 0.319. The third kappa shape index (κ3) is 3.51. The highest BCUT2D eigenvalue weighted by Crippen LogP contribution is 2.50. The minimum atomic E-state index is -4.09. The highest BCUT2D eigenvalue weighted by molar-refractivity contribution is 14.1. The molecule has 0 aliphatic rings. The van der Waals surface area contributed by atoms with E-state index in [1.165, 1.54) is 12.1 Å². The fraction of sp³-hybridized carbons (Fsp3) is 0.333. The van der Waals surface area contributed by atoms with E-state index in [-0.39, 0.29) is 16.7 Å². The van der Waals surface area contributed by atoms with Gasteiger partial charge in [0.25, 0.3) is 0 Å². The first kappa shape index (κ1) is 13.1. The molecule has 1 rings (SSSR count). The van der Waals surface area contributed by atoms with Crippen LogP contribution in [0, 0.1) is 6.92 Å². The van der Waals surface area contributed by atoms with Crippen molar-refractivity contribution in [3.63, 3.8) is 0 Å². The van der Waals surface area contributed by atoms with E-state index in [4.69, 9.17) is 0 Å². The lowest BCUT2D eigenvalue weighted by Crippen LogP contribution is -2.30. The first-order valence-electron chi connectivity index (χ1n) is 3.92. The molecule has 84 valence electrons. The molecule has 0 unspecified atom stereocenters. The second kappa shape index (κ2) is 4.48. The van der Waals surface area contributed by atoms with E-state index in [9.17, 15) is 17.6 Å². The zero-order chi connectivity index (χ0) is 11.7. The van der Waals surface area contributed by atoms with Crippen molar-refractivity contribution in [2.24, 2.45) is 0 Å².